The number of hydrogen-bond donors (Lipinski definition) is 4. The van der Waals surface area contributed by atoms with Crippen LogP contribution >= 0.6 is 0 Å². The van der Waals surface area contributed by atoms with E-state index in [0.29, 0.717) is 61.0 Å². The van der Waals surface area contributed by atoms with Gasteiger partial charge in [-0.05, 0) is 178 Å². The van der Waals surface area contributed by atoms with Gasteiger partial charge in [-0.25, -0.2) is 0 Å². The first-order valence-corrected chi connectivity index (χ1v) is 31.0. The van der Waals surface area contributed by atoms with Crippen LogP contribution in [0.5, 0.6) is 0 Å². The summed E-state index contributed by atoms with van der Waals surface area (Å²) in [6, 6.07) is 42.8. The number of allylic oxidation sites excluding steroid dienone is 2. The zero-order valence-electron chi connectivity index (χ0n) is 55.1. The van der Waals surface area contributed by atoms with E-state index in [-0.39, 0.29) is 10.8 Å². The molecule has 0 radical (unpaired) electrons. The number of para-hydroxylation sites is 2. The predicted octanol–water partition coefficient (Wildman–Crippen LogP) is 15.7. The van der Waals surface area contributed by atoms with Crippen LogP contribution in [0, 0.1) is 0 Å². The largest absolute Gasteiger partial charge is 0.455 e. The number of fused-ring (bicyclic) bond motifs is 6. The van der Waals surface area contributed by atoms with Gasteiger partial charge in [0, 0.05) is 77.8 Å². The Morgan fingerprint density at radius 3 is 1.49 bits per heavy atom. The Morgan fingerprint density at radius 2 is 1.00 bits per heavy atom. The molecule has 0 aliphatic carbocycles. The number of hydrogen-bond acceptors (Lipinski definition) is 7. The van der Waals surface area contributed by atoms with E-state index >= 15 is 0 Å². The van der Waals surface area contributed by atoms with Gasteiger partial charge in [-0.3, -0.25) is 0 Å². The number of nitrogens with zero attached hydrogens (tertiary/aromatic N) is 3. The highest BCUT2D eigenvalue weighted by molar-refractivity contribution is 7.00. The molecule has 4 N–H and O–H groups in total. The summed E-state index contributed by atoms with van der Waals surface area (Å²) in [6.07, 6.45) is 7.98. The van der Waals surface area contributed by atoms with Crippen LogP contribution in [-0.2, 0) is 38.6 Å². The fraction of sp³-hybridized carbons (Fsp3) is 0.316. The van der Waals surface area contributed by atoms with Crippen LogP contribution in [0.2, 0.25) is 0 Å². The van der Waals surface area contributed by atoms with Crippen LogP contribution in [-0.4, -0.2) is 31.7 Å². The Bertz CT molecular complexity index is 4430. The smallest absolute Gasteiger partial charge is 0.252 e. The number of rotatable bonds is 11. The molecular weight excluding hydrogens is 1080 g/mol. The zero-order chi connectivity index (χ0) is 64.1. The molecule has 88 heavy (non-hydrogen) atoms. The Morgan fingerprint density at radius 1 is 0.511 bits per heavy atom. The van der Waals surface area contributed by atoms with Gasteiger partial charge in [-0.2, -0.15) is 0 Å². The fourth-order valence-electron chi connectivity index (χ4n) is 13.5. The van der Waals surface area contributed by atoms with Gasteiger partial charge in [-0.15, -0.1) is 0 Å². The minimum Gasteiger partial charge on any atom is -0.455 e. The fourth-order valence-corrected chi connectivity index (χ4v) is 13.5. The molecule has 7 aromatic carbocycles. The molecule has 0 bridgehead atoms. The van der Waals surface area contributed by atoms with Crippen molar-refractivity contribution >= 4 is 103 Å². The number of aliphatic hydroxyl groups is 4. The third-order valence-electron chi connectivity index (χ3n) is 18.1. The molecule has 0 fully saturated rings. The van der Waals surface area contributed by atoms with Crippen molar-refractivity contribution in [2.45, 2.75) is 163 Å². The molecule has 0 saturated carbocycles. The van der Waals surface area contributed by atoms with Gasteiger partial charge in [0.1, 0.15) is 11.0 Å². The lowest BCUT2D eigenvalue weighted by Crippen LogP contribution is -2.62. The predicted molar refractivity (Wildman–Crippen MR) is 373 cm³/mol. The Labute approximate surface area is 521 Å². The maximum absolute atomic E-state index is 13.2. The number of furan rings is 1. The summed E-state index contributed by atoms with van der Waals surface area (Å²) < 4.78 is 8.93. The van der Waals surface area contributed by atoms with Gasteiger partial charge in [-0.1, -0.05) is 167 Å². The molecule has 9 heteroatoms. The molecule has 2 aliphatic heterocycles. The van der Waals surface area contributed by atoms with Crippen molar-refractivity contribution in [2.24, 2.45) is 0 Å². The zero-order valence-corrected chi connectivity index (χ0v) is 55.1. The van der Waals surface area contributed by atoms with Gasteiger partial charge >= 0.3 is 0 Å². The second-order valence-electron chi connectivity index (χ2n) is 29.8. The lowest BCUT2D eigenvalue weighted by Gasteiger charge is -2.48. The van der Waals surface area contributed by atoms with Gasteiger partial charge in [0.2, 0.25) is 0 Å². The van der Waals surface area contributed by atoms with Crippen LogP contribution < -0.4 is 36.8 Å². The minimum atomic E-state index is -1.54. The summed E-state index contributed by atoms with van der Waals surface area (Å²) in [4.78, 5) is 4.66. The van der Waals surface area contributed by atoms with Crippen molar-refractivity contribution in [3.05, 3.63) is 213 Å². The maximum atomic E-state index is 13.2. The van der Waals surface area contributed by atoms with Crippen LogP contribution in [0.4, 0.5) is 34.1 Å². The third-order valence-corrected chi connectivity index (χ3v) is 18.1. The van der Waals surface area contributed by atoms with Crippen molar-refractivity contribution in [3.63, 3.8) is 0 Å². The third kappa shape index (κ3) is 10.2. The van der Waals surface area contributed by atoms with Gasteiger partial charge in [0.15, 0.2) is 0 Å². The highest BCUT2D eigenvalue weighted by atomic mass is 16.3. The van der Waals surface area contributed by atoms with Crippen molar-refractivity contribution in [2.75, 3.05) is 9.80 Å². The van der Waals surface area contributed by atoms with E-state index in [1.807, 2.05) is 111 Å². The first kappa shape index (κ1) is 61.7. The van der Waals surface area contributed by atoms with E-state index in [9.17, 15) is 20.4 Å². The first-order valence-electron chi connectivity index (χ1n) is 31.0. The maximum Gasteiger partial charge on any atom is 0.252 e. The van der Waals surface area contributed by atoms with Gasteiger partial charge in [0.05, 0.1) is 45.0 Å². The monoisotopic (exact) mass is 1170 g/mol. The minimum absolute atomic E-state index is 0.272. The summed E-state index contributed by atoms with van der Waals surface area (Å²) in [7, 11) is 0. The van der Waals surface area contributed by atoms with E-state index in [4.69, 9.17) is 4.42 Å². The van der Waals surface area contributed by atoms with Crippen molar-refractivity contribution < 1.29 is 24.8 Å². The molecule has 9 aromatic rings. The van der Waals surface area contributed by atoms with E-state index in [1.165, 1.54) is 0 Å². The van der Waals surface area contributed by atoms with Gasteiger partial charge in [0.25, 0.3) is 6.71 Å². The molecule has 2 aliphatic rings. The molecule has 0 unspecified atom stereocenters. The molecule has 0 amide bonds. The Balaban J connectivity index is 1.41. The van der Waals surface area contributed by atoms with E-state index < -0.39 is 34.5 Å². The van der Waals surface area contributed by atoms with Crippen molar-refractivity contribution in [1.82, 2.24) is 4.57 Å². The summed E-state index contributed by atoms with van der Waals surface area (Å²) in [6.45, 7) is 49.6. The van der Waals surface area contributed by atoms with E-state index in [0.717, 1.165) is 89.1 Å². The highest BCUT2D eigenvalue weighted by Gasteiger charge is 2.49. The second kappa shape index (κ2) is 20.8. The van der Waals surface area contributed by atoms with Crippen molar-refractivity contribution in [3.8, 4) is 5.69 Å². The lowest BCUT2D eigenvalue weighted by atomic mass is 9.33. The Kier molecular flexibility index (Phi) is 14.6. The Hall–Kier alpha value is -7.92. The standard InChI is InChI=1S/C79H88BN3O5/c1-22-30-54-55-44-61-65(45-64(55)81(62(54)24-3)51-31-26-25-27-32-51)83(70-56(76(14,15)84)37-47(38-57(70)77(16,17)85)52(23-2)72-46(4)53-33-28-29-34-68(53)88-72)67-43-50(75(11,12)13)42-66-69(67)80(61)60-41-48(73(5,6)7)35-36-63(60)82(66)71-58(78(18,19)86)39-49(74(8,9)10)40-59(71)79(20,21)87/h22-45,84-87H,2-4H2,1,5-21H3/b30-22-,72-52-. The SMILES string of the molecule is C=C/C(c1cc(C(C)(C)O)c(N2c3cc4c(cc3B3c5cc(C(C)(C)C)ccc5N(c5c(C(C)(C)O)cc(C(C)(C)C)cc5C(C)(C)O)c5cc(C(C)(C)C)cc2c53)c(/C=C\C)c(C=C)n4-c2ccccc2)c(C(C)(C)O)c1)=c1/oc2ccccc2c1=C. The van der Waals surface area contributed by atoms with Crippen LogP contribution in [0.25, 0.3) is 51.9 Å². The summed E-state index contributed by atoms with van der Waals surface area (Å²) in [5, 5.41) is 54.7. The second-order valence-corrected chi connectivity index (χ2v) is 29.8. The molecular formula is C79H88BN3O5. The molecule has 452 valence electrons. The quantitative estimate of drug-likeness (QED) is 0.0956. The molecule has 8 nitrogen and oxygen atoms in total. The van der Waals surface area contributed by atoms with Crippen LogP contribution in [0.15, 0.2) is 151 Å². The van der Waals surface area contributed by atoms with Crippen molar-refractivity contribution in [1.29, 1.82) is 0 Å². The number of aromatic nitrogens is 1. The average molecular weight is 1170 g/mol. The van der Waals surface area contributed by atoms with E-state index in [2.05, 4.69) is 187 Å². The summed E-state index contributed by atoms with van der Waals surface area (Å²) >= 11 is 0. The normalized spacial score (nSPS) is 14.5. The molecule has 0 saturated heterocycles. The summed E-state index contributed by atoms with van der Waals surface area (Å²) in [5.41, 5.74) is 13.0. The molecule has 0 spiro atoms. The number of benzene rings is 7. The highest BCUT2D eigenvalue weighted by Crippen LogP contribution is 2.54. The van der Waals surface area contributed by atoms with Crippen LogP contribution in [0.3, 0.4) is 0 Å². The topological polar surface area (TPSA) is 105 Å². The number of anilines is 6. The molecule has 0 atom stereocenters. The van der Waals surface area contributed by atoms with E-state index in [1.54, 1.807) is 6.08 Å². The summed E-state index contributed by atoms with van der Waals surface area (Å²) in [5.74, 6) is 0. The van der Waals surface area contributed by atoms with Crippen LogP contribution in [0.1, 0.15) is 180 Å². The average Bonchev–Trinajstić information content (AvgIpc) is 0.855. The lowest BCUT2D eigenvalue weighted by molar-refractivity contribution is 0.0717. The molecule has 2 aromatic heterocycles. The molecule has 4 heterocycles. The molecule has 11 rings (SSSR count). The van der Waals surface area contributed by atoms with Gasteiger partial charge < -0.3 is 39.2 Å². The first-order chi connectivity index (χ1) is 40.9.